The molecule has 2 rings (SSSR count). The number of ether oxygens (including phenoxy) is 2. The minimum atomic E-state index is -0.737. The second-order valence-electron chi connectivity index (χ2n) is 4.94. The van der Waals surface area contributed by atoms with Gasteiger partial charge in [-0.15, -0.1) is 0 Å². The molecule has 0 radical (unpaired) electrons. The van der Waals surface area contributed by atoms with Crippen LogP contribution in [0.3, 0.4) is 0 Å². The number of para-hydroxylation sites is 1. The molecular formula is C17H20N2O5. The molecule has 7 nitrogen and oxygen atoms in total. The maximum Gasteiger partial charge on any atom is 0.309 e. The summed E-state index contributed by atoms with van der Waals surface area (Å²) in [5.41, 5.74) is 0.791. The summed E-state index contributed by atoms with van der Waals surface area (Å²) in [6.07, 6.45) is 1.07. The summed E-state index contributed by atoms with van der Waals surface area (Å²) < 4.78 is 15.7. The molecule has 0 saturated carbocycles. The lowest BCUT2D eigenvalue weighted by molar-refractivity contribution is -0.139. The highest BCUT2D eigenvalue weighted by atomic mass is 16.5. The van der Waals surface area contributed by atoms with E-state index in [1.54, 1.807) is 25.3 Å². The van der Waals surface area contributed by atoms with Crippen LogP contribution < -0.4 is 15.4 Å². The quantitative estimate of drug-likeness (QED) is 0.748. The molecule has 0 aliphatic rings. The molecule has 7 heteroatoms. The van der Waals surface area contributed by atoms with Crippen molar-refractivity contribution in [3.63, 3.8) is 0 Å². The Morgan fingerprint density at radius 1 is 1.08 bits per heavy atom. The molecule has 0 saturated heterocycles. The number of hydrogen-bond acceptors (Lipinski definition) is 5. The zero-order chi connectivity index (χ0) is 17.4. The van der Waals surface area contributed by atoms with Gasteiger partial charge in [0.15, 0.2) is 0 Å². The van der Waals surface area contributed by atoms with E-state index < -0.39 is 17.9 Å². The Morgan fingerprint density at radius 3 is 2.50 bits per heavy atom. The first-order valence-electron chi connectivity index (χ1n) is 7.39. The van der Waals surface area contributed by atoms with E-state index >= 15 is 0 Å². The fraction of sp³-hybridized carbons (Fsp3) is 0.294. The minimum Gasteiger partial charge on any atom is -0.496 e. The number of nitrogens with one attached hydrogen (secondary N) is 2. The highest BCUT2D eigenvalue weighted by molar-refractivity contribution is 6.35. The number of amides is 2. The molecule has 0 spiro atoms. The van der Waals surface area contributed by atoms with Crippen molar-refractivity contribution in [2.45, 2.75) is 12.6 Å². The van der Waals surface area contributed by atoms with Gasteiger partial charge in [0.2, 0.25) is 0 Å². The third-order valence-corrected chi connectivity index (χ3v) is 3.43. The molecule has 2 aromatic rings. The van der Waals surface area contributed by atoms with Crippen molar-refractivity contribution < 1.29 is 23.5 Å². The van der Waals surface area contributed by atoms with Crippen molar-refractivity contribution in [2.75, 3.05) is 20.8 Å². The topological polar surface area (TPSA) is 89.8 Å². The van der Waals surface area contributed by atoms with Gasteiger partial charge in [-0.2, -0.15) is 0 Å². The van der Waals surface area contributed by atoms with Gasteiger partial charge in [0.1, 0.15) is 17.6 Å². The zero-order valence-corrected chi connectivity index (χ0v) is 13.6. The van der Waals surface area contributed by atoms with Crippen LogP contribution in [0.25, 0.3) is 0 Å². The van der Waals surface area contributed by atoms with Gasteiger partial charge in [0.05, 0.1) is 19.9 Å². The Kier molecular flexibility index (Phi) is 6.39. The van der Waals surface area contributed by atoms with Crippen LogP contribution in [-0.4, -0.2) is 32.6 Å². The molecule has 0 unspecified atom stereocenters. The second-order valence-corrected chi connectivity index (χ2v) is 4.94. The second kappa shape index (κ2) is 8.73. The molecule has 1 aromatic heterocycles. The van der Waals surface area contributed by atoms with Gasteiger partial charge < -0.3 is 24.5 Å². The van der Waals surface area contributed by atoms with E-state index in [4.69, 9.17) is 13.9 Å². The highest BCUT2D eigenvalue weighted by Gasteiger charge is 2.19. The van der Waals surface area contributed by atoms with Crippen molar-refractivity contribution in [2.24, 2.45) is 0 Å². The first kappa shape index (κ1) is 17.6. The summed E-state index contributed by atoms with van der Waals surface area (Å²) >= 11 is 0. The highest BCUT2D eigenvalue weighted by Crippen LogP contribution is 2.26. The molecule has 0 bridgehead atoms. The van der Waals surface area contributed by atoms with Gasteiger partial charge in [0.25, 0.3) is 0 Å². The van der Waals surface area contributed by atoms with Crippen LogP contribution in [0, 0.1) is 0 Å². The van der Waals surface area contributed by atoms with Crippen LogP contribution in [0.1, 0.15) is 17.4 Å². The van der Waals surface area contributed by atoms with Crippen LogP contribution in [0.15, 0.2) is 47.1 Å². The van der Waals surface area contributed by atoms with Crippen LogP contribution in [-0.2, 0) is 20.9 Å². The number of furan rings is 1. The fourth-order valence-electron chi connectivity index (χ4n) is 2.18. The van der Waals surface area contributed by atoms with Crippen LogP contribution in [0.4, 0.5) is 0 Å². The number of hydrogen-bond donors (Lipinski definition) is 2. The third kappa shape index (κ3) is 4.60. The van der Waals surface area contributed by atoms with Gasteiger partial charge >= 0.3 is 11.8 Å². The monoisotopic (exact) mass is 332 g/mol. The van der Waals surface area contributed by atoms with E-state index in [9.17, 15) is 9.59 Å². The minimum absolute atomic E-state index is 0.143. The fourth-order valence-corrected chi connectivity index (χ4v) is 2.18. The lowest BCUT2D eigenvalue weighted by atomic mass is 10.1. The van der Waals surface area contributed by atoms with E-state index in [2.05, 4.69) is 10.6 Å². The summed E-state index contributed by atoms with van der Waals surface area (Å²) in [4.78, 5) is 23.6. The summed E-state index contributed by atoms with van der Waals surface area (Å²) in [7, 11) is 3.09. The molecular weight excluding hydrogens is 312 g/mol. The van der Waals surface area contributed by atoms with E-state index in [-0.39, 0.29) is 13.1 Å². The van der Waals surface area contributed by atoms with Crippen molar-refractivity contribution in [3.8, 4) is 5.75 Å². The molecule has 1 aromatic carbocycles. The predicted octanol–water partition coefficient (Wildman–Crippen LogP) is 1.41. The molecule has 2 N–H and O–H groups in total. The number of benzene rings is 1. The molecule has 0 fully saturated rings. The first-order valence-corrected chi connectivity index (χ1v) is 7.39. The van der Waals surface area contributed by atoms with E-state index in [0.29, 0.717) is 11.5 Å². The Bertz CT molecular complexity index is 669. The molecule has 128 valence electrons. The van der Waals surface area contributed by atoms with E-state index in [0.717, 1.165) is 5.56 Å². The Labute approximate surface area is 139 Å². The number of rotatable bonds is 7. The molecule has 1 atom stereocenters. The Morgan fingerprint density at radius 2 is 1.83 bits per heavy atom. The molecule has 24 heavy (non-hydrogen) atoms. The molecule has 2 amide bonds. The summed E-state index contributed by atoms with van der Waals surface area (Å²) in [6, 6.07) is 10.8. The van der Waals surface area contributed by atoms with Gasteiger partial charge in [-0.3, -0.25) is 9.59 Å². The van der Waals surface area contributed by atoms with E-state index in [1.807, 2.05) is 18.2 Å². The van der Waals surface area contributed by atoms with Crippen LogP contribution in [0.5, 0.6) is 5.75 Å². The molecule has 1 heterocycles. The SMILES string of the molecule is COc1ccccc1[C@H](CNC(=O)C(=O)NCc1ccco1)OC. The molecule has 0 aliphatic heterocycles. The van der Waals surface area contributed by atoms with Gasteiger partial charge in [-0.25, -0.2) is 0 Å². The molecule has 0 aliphatic carbocycles. The summed E-state index contributed by atoms with van der Waals surface area (Å²) in [5, 5.41) is 5.03. The third-order valence-electron chi connectivity index (χ3n) is 3.43. The normalized spacial score (nSPS) is 11.6. The lowest BCUT2D eigenvalue weighted by Crippen LogP contribution is -2.41. The average Bonchev–Trinajstić information content (AvgIpc) is 3.13. The van der Waals surface area contributed by atoms with Gasteiger partial charge in [0, 0.05) is 19.2 Å². The van der Waals surface area contributed by atoms with Crippen LogP contribution >= 0.6 is 0 Å². The largest absolute Gasteiger partial charge is 0.496 e. The predicted molar refractivity (Wildman–Crippen MR) is 86.3 cm³/mol. The number of carbonyl (C=O) groups excluding carboxylic acids is 2. The van der Waals surface area contributed by atoms with Crippen LogP contribution in [0.2, 0.25) is 0 Å². The van der Waals surface area contributed by atoms with Crippen molar-refractivity contribution in [3.05, 3.63) is 54.0 Å². The maximum absolute atomic E-state index is 11.9. The number of carbonyl (C=O) groups is 2. The smallest absolute Gasteiger partial charge is 0.309 e. The van der Waals surface area contributed by atoms with Crippen molar-refractivity contribution >= 4 is 11.8 Å². The lowest BCUT2D eigenvalue weighted by Gasteiger charge is -2.18. The average molecular weight is 332 g/mol. The van der Waals surface area contributed by atoms with E-state index in [1.165, 1.54) is 13.4 Å². The number of methoxy groups -OCH3 is 2. The van der Waals surface area contributed by atoms with Crippen molar-refractivity contribution in [1.82, 2.24) is 10.6 Å². The maximum atomic E-state index is 11.9. The first-order chi connectivity index (χ1) is 11.7. The van der Waals surface area contributed by atoms with Crippen molar-refractivity contribution in [1.29, 1.82) is 0 Å². The Hall–Kier alpha value is -2.80. The standard InChI is InChI=1S/C17H20N2O5/c1-22-14-8-4-3-7-13(14)15(23-2)11-19-17(21)16(20)18-10-12-6-5-9-24-12/h3-9,15H,10-11H2,1-2H3,(H,18,20)(H,19,21)/t15-/m0/s1. The van der Waals surface area contributed by atoms with Gasteiger partial charge in [-0.1, -0.05) is 18.2 Å². The zero-order valence-electron chi connectivity index (χ0n) is 13.6. The summed E-state index contributed by atoms with van der Waals surface area (Å²) in [6.45, 7) is 0.295. The Balaban J connectivity index is 1.87. The van der Waals surface area contributed by atoms with Gasteiger partial charge in [-0.05, 0) is 18.2 Å². The summed E-state index contributed by atoms with van der Waals surface area (Å²) in [5.74, 6) is -0.249.